The van der Waals surface area contributed by atoms with Gasteiger partial charge in [-0.15, -0.1) is 0 Å². The van der Waals surface area contributed by atoms with E-state index in [0.717, 1.165) is 0 Å². The number of nitro groups is 1. The van der Waals surface area contributed by atoms with Gasteiger partial charge >= 0.3 is 5.69 Å². The summed E-state index contributed by atoms with van der Waals surface area (Å²) < 4.78 is 5.13. The third-order valence-electron chi connectivity index (χ3n) is 2.37. The van der Waals surface area contributed by atoms with Crippen LogP contribution in [0.1, 0.15) is 16.3 Å². The number of anilines is 1. The van der Waals surface area contributed by atoms with Gasteiger partial charge in [-0.3, -0.25) is 14.9 Å². The number of rotatable bonds is 5. The van der Waals surface area contributed by atoms with Crippen LogP contribution in [0.2, 0.25) is 5.02 Å². The van der Waals surface area contributed by atoms with Crippen molar-refractivity contribution in [3.63, 3.8) is 0 Å². The number of nitrogens with zero attached hydrogens (tertiary/aromatic N) is 2. The van der Waals surface area contributed by atoms with E-state index < -0.39 is 10.8 Å². The van der Waals surface area contributed by atoms with Crippen molar-refractivity contribution in [2.75, 3.05) is 5.32 Å². The van der Waals surface area contributed by atoms with Gasteiger partial charge in [-0.2, -0.15) is 0 Å². The SMILES string of the molecule is NC(=O)c1ccc(CNc2ncc(Cl)cc2[N+](=O)[O-])o1. The Bertz CT molecular complexity index is 670. The number of nitrogens with one attached hydrogen (secondary N) is 1. The summed E-state index contributed by atoms with van der Waals surface area (Å²) in [4.78, 5) is 25.0. The molecule has 0 aliphatic rings. The van der Waals surface area contributed by atoms with Crippen molar-refractivity contribution in [1.82, 2.24) is 4.98 Å². The minimum atomic E-state index is -0.688. The highest BCUT2D eigenvalue weighted by atomic mass is 35.5. The first-order valence-corrected chi connectivity index (χ1v) is 5.77. The summed E-state index contributed by atoms with van der Waals surface area (Å²) >= 11 is 5.65. The van der Waals surface area contributed by atoms with Crippen LogP contribution >= 0.6 is 11.6 Å². The Labute approximate surface area is 117 Å². The molecule has 0 spiro atoms. The van der Waals surface area contributed by atoms with Gasteiger partial charge < -0.3 is 15.5 Å². The maximum atomic E-state index is 10.9. The maximum Gasteiger partial charge on any atom is 0.312 e. The number of primary amides is 1. The first-order chi connectivity index (χ1) is 9.47. The second-order valence-electron chi connectivity index (χ2n) is 3.76. The molecule has 0 radical (unpaired) electrons. The minimum Gasteiger partial charge on any atom is -0.454 e. The summed E-state index contributed by atoms with van der Waals surface area (Å²) in [5.74, 6) is -0.228. The van der Waals surface area contributed by atoms with Crippen LogP contribution in [0.25, 0.3) is 0 Å². The van der Waals surface area contributed by atoms with E-state index in [1.165, 1.54) is 24.4 Å². The van der Waals surface area contributed by atoms with Gasteiger partial charge in [0.1, 0.15) is 5.76 Å². The lowest BCUT2D eigenvalue weighted by molar-refractivity contribution is -0.384. The van der Waals surface area contributed by atoms with Crippen molar-refractivity contribution in [2.45, 2.75) is 6.54 Å². The lowest BCUT2D eigenvalue weighted by Crippen LogP contribution is -2.09. The van der Waals surface area contributed by atoms with Crippen LogP contribution in [-0.2, 0) is 6.54 Å². The Kier molecular flexibility index (Phi) is 3.85. The number of amides is 1. The van der Waals surface area contributed by atoms with E-state index in [-0.39, 0.29) is 28.8 Å². The Morgan fingerprint density at radius 3 is 2.90 bits per heavy atom. The Balaban J connectivity index is 2.14. The summed E-state index contributed by atoms with van der Waals surface area (Å²) in [6, 6.07) is 4.14. The molecule has 0 unspecified atom stereocenters. The van der Waals surface area contributed by atoms with Crippen molar-refractivity contribution < 1.29 is 14.1 Å². The largest absolute Gasteiger partial charge is 0.454 e. The summed E-state index contributed by atoms with van der Waals surface area (Å²) in [5.41, 5.74) is 4.79. The average Bonchev–Trinajstić information content (AvgIpc) is 2.86. The van der Waals surface area contributed by atoms with Crippen molar-refractivity contribution in [2.24, 2.45) is 5.73 Å². The van der Waals surface area contributed by atoms with Crippen LogP contribution < -0.4 is 11.1 Å². The first-order valence-electron chi connectivity index (χ1n) is 5.39. The van der Waals surface area contributed by atoms with Gasteiger partial charge in [0.25, 0.3) is 5.91 Å². The third-order valence-corrected chi connectivity index (χ3v) is 2.57. The maximum absolute atomic E-state index is 10.9. The molecule has 0 aliphatic heterocycles. The zero-order valence-electron chi connectivity index (χ0n) is 10.00. The van der Waals surface area contributed by atoms with Crippen LogP contribution in [-0.4, -0.2) is 15.8 Å². The number of hydrogen-bond acceptors (Lipinski definition) is 6. The number of aromatic nitrogens is 1. The number of hydrogen-bond donors (Lipinski definition) is 2. The molecule has 8 nitrogen and oxygen atoms in total. The number of carbonyl (C=O) groups excluding carboxylic acids is 1. The summed E-state index contributed by atoms with van der Waals surface area (Å²) in [7, 11) is 0. The topological polar surface area (TPSA) is 124 Å². The molecule has 0 saturated carbocycles. The number of pyridine rings is 1. The highest BCUT2D eigenvalue weighted by Gasteiger charge is 2.16. The third kappa shape index (κ3) is 3.04. The van der Waals surface area contributed by atoms with E-state index >= 15 is 0 Å². The molecule has 20 heavy (non-hydrogen) atoms. The zero-order chi connectivity index (χ0) is 14.7. The molecule has 9 heteroatoms. The Morgan fingerprint density at radius 1 is 1.55 bits per heavy atom. The van der Waals surface area contributed by atoms with Gasteiger partial charge in [-0.25, -0.2) is 4.98 Å². The van der Waals surface area contributed by atoms with Crippen molar-refractivity contribution in [3.05, 3.63) is 51.1 Å². The van der Waals surface area contributed by atoms with Crippen molar-refractivity contribution in [3.8, 4) is 0 Å². The molecule has 3 N–H and O–H groups in total. The molecule has 0 aromatic carbocycles. The predicted molar refractivity (Wildman–Crippen MR) is 70.5 cm³/mol. The summed E-state index contributed by atoms with van der Waals surface area (Å²) in [6.07, 6.45) is 1.29. The number of halogens is 1. The van der Waals surface area contributed by atoms with Gasteiger partial charge in [-0.1, -0.05) is 11.6 Å². The van der Waals surface area contributed by atoms with E-state index in [9.17, 15) is 14.9 Å². The average molecular weight is 297 g/mol. The highest BCUT2D eigenvalue weighted by molar-refractivity contribution is 6.30. The molecule has 2 aromatic rings. The van der Waals surface area contributed by atoms with Crippen molar-refractivity contribution in [1.29, 1.82) is 0 Å². The van der Waals surface area contributed by atoms with Crippen molar-refractivity contribution >= 4 is 29.0 Å². The Hall–Kier alpha value is -2.61. The summed E-state index contributed by atoms with van der Waals surface area (Å²) in [6.45, 7) is 0.114. The minimum absolute atomic E-state index is 0.0142. The van der Waals surface area contributed by atoms with Gasteiger partial charge in [0.15, 0.2) is 5.76 Å². The van der Waals surface area contributed by atoms with Crippen LogP contribution in [0.15, 0.2) is 28.8 Å². The molecule has 2 heterocycles. The number of carbonyl (C=O) groups is 1. The van der Waals surface area contributed by atoms with E-state index in [4.69, 9.17) is 21.8 Å². The van der Waals surface area contributed by atoms with Crippen LogP contribution in [0.4, 0.5) is 11.5 Å². The van der Waals surface area contributed by atoms with E-state index in [1.54, 1.807) is 0 Å². The Morgan fingerprint density at radius 2 is 2.30 bits per heavy atom. The fourth-order valence-electron chi connectivity index (χ4n) is 1.48. The van der Waals surface area contributed by atoms with Crippen LogP contribution in [0, 0.1) is 10.1 Å². The quantitative estimate of drug-likeness (QED) is 0.641. The number of nitrogens with two attached hydrogens (primary N) is 1. The van der Waals surface area contributed by atoms with E-state index in [0.29, 0.717) is 5.76 Å². The molecule has 0 saturated heterocycles. The molecular formula is C11H9ClN4O4. The monoisotopic (exact) mass is 296 g/mol. The lowest BCUT2D eigenvalue weighted by atomic mass is 10.3. The van der Waals surface area contributed by atoms with Gasteiger partial charge in [-0.05, 0) is 12.1 Å². The summed E-state index contributed by atoms with van der Waals surface area (Å²) in [5, 5.41) is 13.8. The highest BCUT2D eigenvalue weighted by Crippen LogP contribution is 2.25. The molecule has 0 bridgehead atoms. The van der Waals surface area contributed by atoms with Crippen LogP contribution in [0.5, 0.6) is 0 Å². The first kappa shape index (κ1) is 13.8. The zero-order valence-corrected chi connectivity index (χ0v) is 10.8. The fraction of sp³-hybridized carbons (Fsp3) is 0.0909. The van der Waals surface area contributed by atoms with E-state index in [2.05, 4.69) is 10.3 Å². The van der Waals surface area contributed by atoms with E-state index in [1.807, 2.05) is 0 Å². The molecule has 1 amide bonds. The van der Waals surface area contributed by atoms with Crippen LogP contribution in [0.3, 0.4) is 0 Å². The molecular weight excluding hydrogens is 288 g/mol. The standard InChI is InChI=1S/C11H9ClN4O4/c12-6-3-8(16(18)19)11(14-4-6)15-5-7-1-2-9(20-7)10(13)17/h1-4H,5H2,(H2,13,17)(H,14,15). The molecule has 0 fully saturated rings. The normalized spacial score (nSPS) is 10.2. The van der Waals surface area contributed by atoms with Gasteiger partial charge in [0, 0.05) is 12.3 Å². The number of furan rings is 1. The molecule has 0 atom stereocenters. The van der Waals surface area contributed by atoms with Gasteiger partial charge in [0.2, 0.25) is 5.82 Å². The van der Waals surface area contributed by atoms with Gasteiger partial charge in [0.05, 0.1) is 16.5 Å². The fourth-order valence-corrected chi connectivity index (χ4v) is 1.63. The second-order valence-corrected chi connectivity index (χ2v) is 4.20. The molecule has 0 aliphatic carbocycles. The molecule has 2 rings (SSSR count). The second kappa shape index (κ2) is 5.57. The predicted octanol–water partition coefficient (Wildman–Crippen LogP) is 1.95. The lowest BCUT2D eigenvalue weighted by Gasteiger charge is -2.04. The molecule has 2 aromatic heterocycles. The smallest absolute Gasteiger partial charge is 0.312 e. The molecule has 104 valence electrons.